The normalized spacial score (nSPS) is 39.7. The van der Waals surface area contributed by atoms with Crippen molar-refractivity contribution < 1.29 is 52.8 Å². The summed E-state index contributed by atoms with van der Waals surface area (Å²) in [5, 5.41) is 23.3. The van der Waals surface area contributed by atoms with Crippen molar-refractivity contribution in [1.82, 2.24) is 5.32 Å². The zero-order valence-electron chi connectivity index (χ0n) is 25.2. The van der Waals surface area contributed by atoms with Crippen LogP contribution in [-0.4, -0.2) is 83.2 Å². The van der Waals surface area contributed by atoms with Crippen molar-refractivity contribution >= 4 is 23.4 Å². The summed E-state index contributed by atoms with van der Waals surface area (Å²) in [6.07, 6.45) is 1.92. The van der Waals surface area contributed by atoms with Gasteiger partial charge in [-0.05, 0) is 69.1 Å². The highest BCUT2D eigenvalue weighted by atomic mass is 19.1. The Morgan fingerprint density at radius 2 is 1.95 bits per heavy atom. The van der Waals surface area contributed by atoms with Crippen LogP contribution in [0.15, 0.2) is 23.8 Å². The number of aliphatic hydroxyl groups excluding tert-OH is 1. The van der Waals surface area contributed by atoms with E-state index in [9.17, 15) is 34.4 Å². The number of hydrogen-bond donors (Lipinski definition) is 2. The summed E-state index contributed by atoms with van der Waals surface area (Å²) < 4.78 is 33.7. The lowest BCUT2D eigenvalue weighted by Crippen LogP contribution is -2.64. The second-order valence-electron chi connectivity index (χ2n) is 13.4. The number of ketones is 2. The monoisotopic (exact) mass is 622 g/mol. The van der Waals surface area contributed by atoms with E-state index >= 15 is 4.39 Å². The van der Waals surface area contributed by atoms with E-state index in [-0.39, 0.29) is 49.9 Å². The van der Waals surface area contributed by atoms with Gasteiger partial charge in [-0.25, -0.2) is 4.39 Å². The van der Waals surface area contributed by atoms with Gasteiger partial charge in [0.2, 0.25) is 11.7 Å². The highest BCUT2D eigenvalue weighted by molar-refractivity contribution is 6.01. The number of carbonyl (C=O) groups excluding carboxylic acids is 4. The lowest BCUT2D eigenvalue weighted by atomic mass is 9.46. The quantitative estimate of drug-likeness (QED) is 0.157. The van der Waals surface area contributed by atoms with Crippen LogP contribution in [0.25, 0.3) is 0 Å². The molecule has 5 aliphatic rings. The first-order valence-electron chi connectivity index (χ1n) is 14.9. The minimum atomic E-state index is -1.59. The summed E-state index contributed by atoms with van der Waals surface area (Å²) in [5.74, 6) is -4.44. The Bertz CT molecular complexity index is 1320. The number of esters is 1. The van der Waals surface area contributed by atoms with Crippen LogP contribution in [0.2, 0.25) is 0 Å². The van der Waals surface area contributed by atoms with Gasteiger partial charge in [-0.2, -0.15) is 0 Å². The van der Waals surface area contributed by atoms with E-state index in [0.717, 1.165) is 0 Å². The molecule has 1 amide bonds. The Labute approximate surface area is 253 Å². The number of fused-ring (bicyclic) bond motifs is 7. The summed E-state index contributed by atoms with van der Waals surface area (Å²) in [6.45, 7) is 5.60. The smallest absolute Gasteiger partial charge is 0.325 e. The number of nitrogens with one attached hydrogen (secondary N) is 1. The van der Waals surface area contributed by atoms with Gasteiger partial charge in [-0.3, -0.25) is 19.2 Å². The van der Waals surface area contributed by atoms with E-state index in [1.165, 1.54) is 12.2 Å². The van der Waals surface area contributed by atoms with Gasteiger partial charge in [0.1, 0.15) is 12.7 Å². The van der Waals surface area contributed by atoms with Crippen molar-refractivity contribution in [3.05, 3.63) is 33.9 Å². The van der Waals surface area contributed by atoms with E-state index in [1.54, 1.807) is 19.9 Å². The molecule has 44 heavy (non-hydrogen) atoms. The number of ether oxygens (including phenoxy) is 3. The van der Waals surface area contributed by atoms with E-state index in [1.807, 2.05) is 13.8 Å². The van der Waals surface area contributed by atoms with Gasteiger partial charge in [-0.15, -0.1) is 10.1 Å². The van der Waals surface area contributed by atoms with Crippen molar-refractivity contribution in [2.45, 2.75) is 89.6 Å². The molecule has 5 rings (SSSR count). The average molecular weight is 623 g/mol. The molecule has 242 valence electrons. The summed E-state index contributed by atoms with van der Waals surface area (Å²) in [5.41, 5.74) is -3.09. The molecule has 2 N–H and O–H groups in total. The fourth-order valence-corrected chi connectivity index (χ4v) is 8.87. The number of Topliss-reactive ketones (excluding diaryl/α,β-unsaturated/α-hetero) is 1. The Morgan fingerprint density at radius 3 is 2.66 bits per heavy atom. The second kappa shape index (κ2) is 11.3. The van der Waals surface area contributed by atoms with Crippen LogP contribution in [0.3, 0.4) is 0 Å². The maximum atomic E-state index is 15.8. The molecule has 1 aliphatic heterocycles. The van der Waals surface area contributed by atoms with Gasteiger partial charge >= 0.3 is 5.97 Å². The molecule has 0 unspecified atom stereocenters. The maximum absolute atomic E-state index is 15.8. The van der Waals surface area contributed by atoms with Crippen LogP contribution in [-0.2, 0) is 38.2 Å². The number of hydrogen-bond acceptors (Lipinski definition) is 11. The minimum Gasteiger partial charge on any atom is -0.456 e. The third-order valence-corrected chi connectivity index (χ3v) is 10.4. The molecule has 4 aliphatic carbocycles. The van der Waals surface area contributed by atoms with Crippen LogP contribution < -0.4 is 5.32 Å². The third kappa shape index (κ3) is 5.24. The highest BCUT2D eigenvalue weighted by Crippen LogP contribution is 2.70. The van der Waals surface area contributed by atoms with Crippen LogP contribution in [0.4, 0.5) is 4.39 Å². The number of aliphatic hydroxyl groups is 1. The van der Waals surface area contributed by atoms with Crippen LogP contribution >= 0.6 is 0 Å². The number of alkyl halides is 1. The van der Waals surface area contributed by atoms with Crippen molar-refractivity contribution in [3.63, 3.8) is 0 Å². The lowest BCUT2D eigenvalue weighted by molar-refractivity contribution is -0.757. The minimum absolute atomic E-state index is 0.0686. The molecule has 0 bridgehead atoms. The Hall–Kier alpha value is -3.23. The first kappa shape index (κ1) is 32.2. The number of nitrogens with zero attached hydrogens (tertiary/aromatic N) is 1. The molecule has 0 aromatic rings. The number of amides is 1. The lowest BCUT2D eigenvalue weighted by Gasteiger charge is -2.60. The Morgan fingerprint density at radius 1 is 1.23 bits per heavy atom. The predicted octanol–water partition coefficient (Wildman–Crippen LogP) is 1.93. The van der Waals surface area contributed by atoms with E-state index in [0.29, 0.717) is 12.0 Å². The summed E-state index contributed by atoms with van der Waals surface area (Å²) >= 11 is 0. The summed E-state index contributed by atoms with van der Waals surface area (Å²) in [6, 6.07) is 0. The van der Waals surface area contributed by atoms with Gasteiger partial charge in [0.25, 0.3) is 5.09 Å². The molecule has 4 fully saturated rings. The van der Waals surface area contributed by atoms with E-state index in [4.69, 9.17) is 14.2 Å². The topological polar surface area (TPSA) is 181 Å². The van der Waals surface area contributed by atoms with E-state index in [2.05, 4.69) is 10.2 Å². The van der Waals surface area contributed by atoms with Gasteiger partial charge in [-0.1, -0.05) is 19.9 Å². The highest BCUT2D eigenvalue weighted by Gasteiger charge is 2.77. The fourth-order valence-electron chi connectivity index (χ4n) is 8.87. The average Bonchev–Trinajstić information content (AvgIpc) is 3.34. The second-order valence-corrected chi connectivity index (χ2v) is 13.4. The van der Waals surface area contributed by atoms with Gasteiger partial charge in [0.05, 0.1) is 18.8 Å². The Balaban J connectivity index is 1.31. The molecule has 1 heterocycles. The SMILES string of the molecule is CC1(C)O[C@@H]2C[C@H]3[C@@H]4C[C@H](F)C5=CC(=O)C=C[C@]5(C)[C@H]4[C@@H](O)C[C@]3(C)[C@]2(C(=O)COC(=O)CNC(=O)CCCO[N+](=O)[O-])O1. The zero-order valence-corrected chi connectivity index (χ0v) is 25.2. The third-order valence-electron chi connectivity index (χ3n) is 10.4. The maximum Gasteiger partial charge on any atom is 0.325 e. The molecule has 3 saturated carbocycles. The van der Waals surface area contributed by atoms with Crippen molar-refractivity contribution in [2.75, 3.05) is 19.8 Å². The summed E-state index contributed by atoms with van der Waals surface area (Å²) in [4.78, 5) is 64.9. The predicted molar refractivity (Wildman–Crippen MR) is 148 cm³/mol. The van der Waals surface area contributed by atoms with E-state index < -0.39 is 82.4 Å². The number of halogens is 1. The van der Waals surface area contributed by atoms with Crippen LogP contribution in [0.1, 0.15) is 59.8 Å². The molecular weight excluding hydrogens is 583 g/mol. The summed E-state index contributed by atoms with van der Waals surface area (Å²) in [7, 11) is 0. The Kier molecular flexibility index (Phi) is 8.25. The molecule has 1 saturated heterocycles. The van der Waals surface area contributed by atoms with Crippen LogP contribution in [0, 0.1) is 38.7 Å². The molecular formula is C30H39FN2O11. The fraction of sp³-hybridized carbons (Fsp3) is 0.733. The van der Waals surface area contributed by atoms with Crippen molar-refractivity contribution in [3.8, 4) is 0 Å². The first-order chi connectivity index (χ1) is 20.5. The molecule has 0 aromatic carbocycles. The molecule has 14 heteroatoms. The largest absolute Gasteiger partial charge is 0.456 e. The van der Waals surface area contributed by atoms with Crippen molar-refractivity contribution in [1.29, 1.82) is 0 Å². The van der Waals surface area contributed by atoms with Gasteiger partial charge < -0.3 is 29.5 Å². The number of rotatable bonds is 10. The molecule has 0 aromatic heterocycles. The molecule has 0 radical (unpaired) electrons. The van der Waals surface area contributed by atoms with Gasteiger partial charge in [0.15, 0.2) is 23.8 Å². The standard InChI is InChI=1S/C30H39FN2O11/c1-27(2)43-23-12-18-17-11-20(31)19-10-16(34)7-8-28(19,3)26(17)21(35)13-29(18,4)30(23,44-27)22(36)15-41-25(38)14-32-24(37)6-5-9-42-33(39)40/h7-8,10,17-18,20-21,23,26,35H,5-6,9,11-15H2,1-4H3,(H,32,37)/t17-,18-,20-,21-,23+,26+,28-,29-,30+/m0/s1. The number of allylic oxidation sites excluding steroid dienone is 4. The molecule has 9 atom stereocenters. The van der Waals surface area contributed by atoms with Crippen LogP contribution in [0.5, 0.6) is 0 Å². The number of carbonyl (C=O) groups is 4. The molecule has 13 nitrogen and oxygen atoms in total. The van der Waals surface area contributed by atoms with Gasteiger partial charge in [0, 0.05) is 23.2 Å². The van der Waals surface area contributed by atoms with Crippen molar-refractivity contribution in [2.24, 2.45) is 28.6 Å². The zero-order chi connectivity index (χ0) is 32.2. The molecule has 0 spiro atoms. The first-order valence-corrected chi connectivity index (χ1v) is 14.9.